The molecule has 0 aliphatic carbocycles. The van der Waals surface area contributed by atoms with Crippen LogP contribution in [0, 0.1) is 13.8 Å². The van der Waals surface area contributed by atoms with Gasteiger partial charge >= 0.3 is 0 Å². The maximum Gasteiger partial charge on any atom is 0.234 e. The zero-order valence-electron chi connectivity index (χ0n) is 16.5. The average molecular weight is 407 g/mol. The molecule has 2 aromatic carbocycles. The first-order valence-electron chi connectivity index (χ1n) is 9.12. The summed E-state index contributed by atoms with van der Waals surface area (Å²) in [5.41, 5.74) is 5.53. The molecule has 3 aromatic rings. The molecule has 0 aliphatic rings. The van der Waals surface area contributed by atoms with Crippen molar-refractivity contribution in [2.75, 3.05) is 16.4 Å². The van der Waals surface area contributed by atoms with Crippen molar-refractivity contribution in [2.24, 2.45) is 0 Å². The highest BCUT2D eigenvalue weighted by molar-refractivity contribution is 7.99. The average Bonchev–Trinajstić information content (AvgIpc) is 2.69. The second-order valence-electron chi connectivity index (χ2n) is 6.65. The molecule has 7 heteroatoms. The highest BCUT2D eigenvalue weighted by Gasteiger charge is 2.07. The molecule has 1 heterocycles. The fourth-order valence-corrected chi connectivity index (χ4v) is 3.28. The minimum absolute atomic E-state index is 0.157. The van der Waals surface area contributed by atoms with Gasteiger partial charge in [0.05, 0.1) is 11.4 Å². The Morgan fingerprint density at radius 3 is 2.31 bits per heavy atom. The summed E-state index contributed by atoms with van der Waals surface area (Å²) in [5, 5.41) is 14.7. The van der Waals surface area contributed by atoms with Gasteiger partial charge in [0.2, 0.25) is 11.8 Å². The number of nitrogens with one attached hydrogen (secondary N) is 2. The third-order valence-corrected chi connectivity index (χ3v) is 5.18. The van der Waals surface area contributed by atoms with Crippen LogP contribution in [-0.2, 0) is 9.59 Å². The number of nitrogens with zero attached hydrogens (tertiary/aromatic N) is 2. The van der Waals surface area contributed by atoms with Crippen molar-refractivity contribution < 1.29 is 9.59 Å². The summed E-state index contributed by atoms with van der Waals surface area (Å²) in [6.45, 7) is 5.58. The molecule has 3 rings (SSSR count). The molecule has 0 aliphatic heterocycles. The molecule has 0 unspecified atom stereocenters. The predicted octanol–water partition coefficient (Wildman–Crippen LogP) is 4.45. The monoisotopic (exact) mass is 406 g/mol. The van der Waals surface area contributed by atoms with Crippen molar-refractivity contribution in [3.8, 4) is 11.3 Å². The van der Waals surface area contributed by atoms with Crippen LogP contribution in [0.3, 0.4) is 0 Å². The second-order valence-corrected chi connectivity index (χ2v) is 7.65. The van der Waals surface area contributed by atoms with Gasteiger partial charge in [0.15, 0.2) is 0 Å². The minimum atomic E-state index is -0.160. The zero-order valence-corrected chi connectivity index (χ0v) is 17.3. The van der Waals surface area contributed by atoms with Crippen molar-refractivity contribution in [1.82, 2.24) is 10.2 Å². The van der Waals surface area contributed by atoms with Crippen LogP contribution in [0.4, 0.5) is 11.4 Å². The third kappa shape index (κ3) is 5.89. The van der Waals surface area contributed by atoms with E-state index in [1.807, 2.05) is 18.2 Å². The summed E-state index contributed by atoms with van der Waals surface area (Å²) >= 11 is 1.32. The SMILES string of the molecule is CC(=O)Nc1cccc(NC(=O)CSc2ccc(-c3ccc(C)c(C)c3)nn2)c1. The Morgan fingerprint density at radius 1 is 0.897 bits per heavy atom. The molecule has 1 aromatic heterocycles. The van der Waals surface area contributed by atoms with Crippen LogP contribution < -0.4 is 10.6 Å². The van der Waals surface area contributed by atoms with E-state index in [2.05, 4.69) is 46.8 Å². The lowest BCUT2D eigenvalue weighted by Crippen LogP contribution is -2.14. The lowest BCUT2D eigenvalue weighted by atomic mass is 10.0. The Labute approximate surface area is 174 Å². The lowest BCUT2D eigenvalue weighted by molar-refractivity contribution is -0.114. The number of carbonyl (C=O) groups is 2. The molecule has 0 bridgehead atoms. The topological polar surface area (TPSA) is 84.0 Å². The molecule has 2 N–H and O–H groups in total. The van der Waals surface area contributed by atoms with E-state index in [1.165, 1.54) is 29.8 Å². The molecular formula is C22H22N4O2S. The maximum atomic E-state index is 12.2. The van der Waals surface area contributed by atoms with E-state index in [4.69, 9.17) is 0 Å². The number of aryl methyl sites for hydroxylation is 2. The van der Waals surface area contributed by atoms with Crippen LogP contribution in [0.15, 0.2) is 59.6 Å². The Morgan fingerprint density at radius 2 is 1.66 bits per heavy atom. The number of amides is 2. The highest BCUT2D eigenvalue weighted by Crippen LogP contribution is 2.22. The molecule has 29 heavy (non-hydrogen) atoms. The Hall–Kier alpha value is -3.19. The van der Waals surface area contributed by atoms with E-state index in [-0.39, 0.29) is 17.6 Å². The van der Waals surface area contributed by atoms with Gasteiger partial charge in [-0.2, -0.15) is 0 Å². The van der Waals surface area contributed by atoms with Gasteiger partial charge in [-0.05, 0) is 61.4 Å². The molecule has 6 nitrogen and oxygen atoms in total. The van der Waals surface area contributed by atoms with E-state index >= 15 is 0 Å². The molecule has 2 amide bonds. The van der Waals surface area contributed by atoms with Gasteiger partial charge in [-0.1, -0.05) is 30.0 Å². The van der Waals surface area contributed by atoms with Crippen LogP contribution in [-0.4, -0.2) is 27.8 Å². The van der Waals surface area contributed by atoms with Crippen molar-refractivity contribution in [1.29, 1.82) is 0 Å². The van der Waals surface area contributed by atoms with Gasteiger partial charge in [-0.25, -0.2) is 0 Å². The van der Waals surface area contributed by atoms with Gasteiger partial charge in [0.1, 0.15) is 5.03 Å². The maximum absolute atomic E-state index is 12.2. The fourth-order valence-electron chi connectivity index (χ4n) is 2.67. The Balaban J connectivity index is 1.56. The number of rotatable bonds is 6. The Kier molecular flexibility index (Phi) is 6.61. The summed E-state index contributed by atoms with van der Waals surface area (Å²) in [6.07, 6.45) is 0. The number of carbonyl (C=O) groups excluding carboxylic acids is 2. The first-order valence-corrected chi connectivity index (χ1v) is 10.1. The smallest absolute Gasteiger partial charge is 0.234 e. The van der Waals surface area contributed by atoms with Gasteiger partial charge in [-0.3, -0.25) is 9.59 Å². The highest BCUT2D eigenvalue weighted by atomic mass is 32.2. The number of anilines is 2. The summed E-state index contributed by atoms with van der Waals surface area (Å²) in [5.74, 6) is -0.107. The molecule has 0 fully saturated rings. The first-order chi connectivity index (χ1) is 13.9. The summed E-state index contributed by atoms with van der Waals surface area (Å²) in [4.78, 5) is 23.3. The van der Waals surface area contributed by atoms with Crippen LogP contribution in [0.2, 0.25) is 0 Å². The molecule has 0 spiro atoms. The van der Waals surface area contributed by atoms with E-state index in [1.54, 1.807) is 24.3 Å². The normalized spacial score (nSPS) is 10.4. The van der Waals surface area contributed by atoms with Crippen LogP contribution in [0.1, 0.15) is 18.1 Å². The number of hydrogen-bond donors (Lipinski definition) is 2. The molecule has 0 saturated heterocycles. The first kappa shape index (κ1) is 20.5. The molecule has 0 saturated carbocycles. The van der Waals surface area contributed by atoms with Crippen molar-refractivity contribution in [2.45, 2.75) is 25.8 Å². The quantitative estimate of drug-likeness (QED) is 0.591. The predicted molar refractivity (Wildman–Crippen MR) is 117 cm³/mol. The van der Waals surface area contributed by atoms with E-state index < -0.39 is 0 Å². The van der Waals surface area contributed by atoms with Gasteiger partial charge in [-0.15, -0.1) is 10.2 Å². The standard InChI is InChI=1S/C22H22N4O2S/c1-14-7-8-17(11-15(14)2)20-9-10-22(26-25-20)29-13-21(28)24-19-6-4-5-18(12-19)23-16(3)27/h4-12H,13H2,1-3H3,(H,23,27)(H,24,28). The Bertz CT molecular complexity index is 1040. The summed E-state index contributed by atoms with van der Waals surface area (Å²) < 4.78 is 0. The van der Waals surface area contributed by atoms with Crippen molar-refractivity contribution in [3.63, 3.8) is 0 Å². The van der Waals surface area contributed by atoms with Crippen LogP contribution in [0.5, 0.6) is 0 Å². The van der Waals surface area contributed by atoms with Crippen molar-refractivity contribution >= 4 is 35.0 Å². The summed E-state index contributed by atoms with van der Waals surface area (Å²) in [6, 6.07) is 17.0. The lowest BCUT2D eigenvalue weighted by Gasteiger charge is -2.08. The van der Waals surface area contributed by atoms with E-state index in [9.17, 15) is 9.59 Å². The molecule has 0 radical (unpaired) electrons. The zero-order chi connectivity index (χ0) is 20.8. The molecule has 148 valence electrons. The largest absolute Gasteiger partial charge is 0.326 e. The van der Waals surface area contributed by atoms with E-state index in [0.29, 0.717) is 16.4 Å². The van der Waals surface area contributed by atoms with E-state index in [0.717, 1.165) is 11.3 Å². The molecule has 0 atom stereocenters. The number of thioether (sulfide) groups is 1. The van der Waals surface area contributed by atoms with Gasteiger partial charge in [0, 0.05) is 23.9 Å². The summed E-state index contributed by atoms with van der Waals surface area (Å²) in [7, 11) is 0. The van der Waals surface area contributed by atoms with Crippen LogP contribution >= 0.6 is 11.8 Å². The number of hydrogen-bond acceptors (Lipinski definition) is 5. The number of benzene rings is 2. The van der Waals surface area contributed by atoms with Crippen molar-refractivity contribution in [3.05, 3.63) is 65.7 Å². The minimum Gasteiger partial charge on any atom is -0.326 e. The second kappa shape index (κ2) is 9.34. The van der Waals surface area contributed by atoms with Gasteiger partial charge in [0.25, 0.3) is 0 Å². The number of aromatic nitrogens is 2. The molecular weight excluding hydrogens is 384 g/mol. The fraction of sp³-hybridized carbons (Fsp3) is 0.182. The third-order valence-electron chi connectivity index (χ3n) is 4.26. The van der Waals surface area contributed by atoms with Gasteiger partial charge < -0.3 is 10.6 Å². The van der Waals surface area contributed by atoms with Crippen LogP contribution in [0.25, 0.3) is 11.3 Å².